The van der Waals surface area contributed by atoms with Gasteiger partial charge in [-0.15, -0.1) is 0 Å². The van der Waals surface area contributed by atoms with E-state index in [1.807, 2.05) is 62.5 Å². The van der Waals surface area contributed by atoms with E-state index in [1.165, 1.54) is 0 Å². The van der Waals surface area contributed by atoms with Crippen LogP contribution in [0.25, 0.3) is 5.69 Å². The first-order valence-corrected chi connectivity index (χ1v) is 9.60. The maximum absolute atomic E-state index is 12.4. The fourth-order valence-electron chi connectivity index (χ4n) is 2.75. The summed E-state index contributed by atoms with van der Waals surface area (Å²) < 4.78 is 29.3. The minimum Gasteiger partial charge on any atom is -0.241 e. The lowest BCUT2D eigenvalue weighted by Crippen LogP contribution is -2.26. The van der Waals surface area contributed by atoms with E-state index in [0.29, 0.717) is 17.9 Å². The zero-order valence-corrected chi connectivity index (χ0v) is 15.1. The highest BCUT2D eigenvalue weighted by Gasteiger charge is 2.15. The Morgan fingerprint density at radius 3 is 2.48 bits per heavy atom. The maximum Gasteiger partial charge on any atom is 0.240 e. The Labute approximate surface area is 148 Å². The first kappa shape index (κ1) is 17.4. The lowest BCUT2D eigenvalue weighted by Gasteiger charge is -2.10. The van der Waals surface area contributed by atoms with E-state index in [9.17, 15) is 8.42 Å². The fourth-order valence-corrected chi connectivity index (χ4v) is 4.00. The molecule has 0 aliphatic heterocycles. The van der Waals surface area contributed by atoms with Crippen LogP contribution >= 0.6 is 0 Å². The summed E-state index contributed by atoms with van der Waals surface area (Å²) in [5.74, 6) is 0. The van der Waals surface area contributed by atoms with E-state index in [-0.39, 0.29) is 0 Å². The maximum atomic E-state index is 12.4. The fraction of sp³-hybridized carbons (Fsp3) is 0.211. The molecule has 3 rings (SSSR count). The van der Waals surface area contributed by atoms with E-state index < -0.39 is 10.0 Å². The molecule has 2 aromatic carbocycles. The molecule has 3 aromatic rings. The highest BCUT2D eigenvalue weighted by molar-refractivity contribution is 7.89. The van der Waals surface area contributed by atoms with Gasteiger partial charge in [0.1, 0.15) is 0 Å². The first-order chi connectivity index (χ1) is 12.0. The van der Waals surface area contributed by atoms with Crippen LogP contribution in [0, 0.1) is 13.8 Å². The van der Waals surface area contributed by atoms with Gasteiger partial charge in [-0.3, -0.25) is 0 Å². The molecular formula is C19H21N3O2S. The van der Waals surface area contributed by atoms with Gasteiger partial charge in [-0.05, 0) is 55.7 Å². The zero-order chi connectivity index (χ0) is 17.9. The van der Waals surface area contributed by atoms with Crippen LogP contribution in [0.4, 0.5) is 0 Å². The normalized spacial score (nSPS) is 11.6. The van der Waals surface area contributed by atoms with Crippen LogP contribution < -0.4 is 4.72 Å². The van der Waals surface area contributed by atoms with Crippen molar-refractivity contribution in [2.24, 2.45) is 0 Å². The molecule has 0 saturated carbocycles. The van der Waals surface area contributed by atoms with Gasteiger partial charge in [-0.1, -0.05) is 29.8 Å². The molecule has 0 spiro atoms. The molecule has 0 radical (unpaired) electrons. The van der Waals surface area contributed by atoms with Crippen LogP contribution in [-0.2, 0) is 16.4 Å². The lowest BCUT2D eigenvalue weighted by molar-refractivity contribution is 0.581. The zero-order valence-electron chi connectivity index (χ0n) is 14.3. The van der Waals surface area contributed by atoms with Gasteiger partial charge >= 0.3 is 0 Å². The summed E-state index contributed by atoms with van der Waals surface area (Å²) in [6, 6.07) is 15.1. The quantitative estimate of drug-likeness (QED) is 0.739. The molecule has 1 heterocycles. The van der Waals surface area contributed by atoms with Gasteiger partial charge in [0.2, 0.25) is 10.0 Å². The molecule has 0 saturated heterocycles. The Morgan fingerprint density at radius 1 is 1.08 bits per heavy atom. The number of hydrogen-bond acceptors (Lipinski definition) is 3. The molecule has 0 amide bonds. The number of rotatable bonds is 6. The van der Waals surface area contributed by atoms with E-state index in [0.717, 1.165) is 22.4 Å². The average molecular weight is 355 g/mol. The van der Waals surface area contributed by atoms with Crippen LogP contribution in [-0.4, -0.2) is 24.7 Å². The van der Waals surface area contributed by atoms with Gasteiger partial charge in [0, 0.05) is 18.9 Å². The largest absolute Gasteiger partial charge is 0.241 e. The van der Waals surface area contributed by atoms with Crippen LogP contribution in [0.1, 0.15) is 16.7 Å². The van der Waals surface area contributed by atoms with E-state index in [4.69, 9.17) is 0 Å². The molecule has 1 N–H and O–H groups in total. The molecule has 0 bridgehead atoms. The van der Waals surface area contributed by atoms with Crippen LogP contribution in [0.3, 0.4) is 0 Å². The Kier molecular flexibility index (Phi) is 5.01. The molecule has 0 atom stereocenters. The minimum absolute atomic E-state index is 0.340. The minimum atomic E-state index is -3.49. The number of aryl methyl sites for hydroxylation is 2. The van der Waals surface area contributed by atoms with Crippen molar-refractivity contribution in [1.82, 2.24) is 14.5 Å². The molecule has 5 nitrogen and oxygen atoms in total. The molecule has 0 aliphatic rings. The summed E-state index contributed by atoms with van der Waals surface area (Å²) in [4.78, 5) is 0.340. The number of hydrogen-bond donors (Lipinski definition) is 1. The number of aromatic nitrogens is 2. The van der Waals surface area contributed by atoms with E-state index >= 15 is 0 Å². The topological polar surface area (TPSA) is 64.0 Å². The number of sulfonamides is 1. The predicted molar refractivity (Wildman–Crippen MR) is 98.4 cm³/mol. The molecule has 0 unspecified atom stereocenters. The third-order valence-corrected chi connectivity index (χ3v) is 5.65. The molecule has 25 heavy (non-hydrogen) atoms. The Bertz CT molecular complexity index is 947. The number of nitrogens with one attached hydrogen (secondary N) is 1. The summed E-state index contributed by atoms with van der Waals surface area (Å²) in [6.07, 6.45) is 4.24. The van der Waals surface area contributed by atoms with Crippen molar-refractivity contribution in [3.8, 4) is 5.69 Å². The molecule has 0 fully saturated rings. The van der Waals surface area contributed by atoms with Crippen molar-refractivity contribution < 1.29 is 8.42 Å². The van der Waals surface area contributed by atoms with E-state index in [1.54, 1.807) is 16.9 Å². The SMILES string of the molecule is Cc1ccc(S(=O)(=O)NCCc2ccc(-n3cccn3)cc2)c(C)c1. The molecule has 6 heteroatoms. The molecular weight excluding hydrogens is 334 g/mol. The molecule has 0 aliphatic carbocycles. The number of benzene rings is 2. The van der Waals surface area contributed by atoms with Gasteiger partial charge in [-0.2, -0.15) is 5.10 Å². The van der Waals surface area contributed by atoms with Gasteiger partial charge in [0.05, 0.1) is 10.6 Å². The van der Waals surface area contributed by atoms with Crippen LogP contribution in [0.2, 0.25) is 0 Å². The van der Waals surface area contributed by atoms with Crippen molar-refractivity contribution in [1.29, 1.82) is 0 Å². The van der Waals surface area contributed by atoms with Crippen molar-refractivity contribution in [3.63, 3.8) is 0 Å². The van der Waals surface area contributed by atoms with Gasteiger partial charge in [-0.25, -0.2) is 17.8 Å². The van der Waals surface area contributed by atoms with Gasteiger partial charge < -0.3 is 0 Å². The van der Waals surface area contributed by atoms with Crippen molar-refractivity contribution in [3.05, 3.63) is 77.6 Å². The van der Waals surface area contributed by atoms with Gasteiger partial charge in [0.25, 0.3) is 0 Å². The summed E-state index contributed by atoms with van der Waals surface area (Å²) in [6.45, 7) is 4.12. The number of nitrogens with zero attached hydrogens (tertiary/aromatic N) is 2. The third-order valence-electron chi connectivity index (χ3n) is 4.03. The Morgan fingerprint density at radius 2 is 1.84 bits per heavy atom. The van der Waals surface area contributed by atoms with E-state index in [2.05, 4.69) is 9.82 Å². The van der Waals surface area contributed by atoms with Gasteiger partial charge in [0.15, 0.2) is 0 Å². The van der Waals surface area contributed by atoms with Crippen molar-refractivity contribution in [2.75, 3.05) is 6.54 Å². The lowest BCUT2D eigenvalue weighted by atomic mass is 10.1. The van der Waals surface area contributed by atoms with Crippen LogP contribution in [0.15, 0.2) is 65.8 Å². The summed E-state index contributed by atoms with van der Waals surface area (Å²) >= 11 is 0. The van der Waals surface area contributed by atoms with Crippen molar-refractivity contribution in [2.45, 2.75) is 25.2 Å². The first-order valence-electron chi connectivity index (χ1n) is 8.11. The second-order valence-electron chi connectivity index (χ2n) is 6.03. The molecule has 130 valence electrons. The Hall–Kier alpha value is -2.44. The smallest absolute Gasteiger partial charge is 0.240 e. The second kappa shape index (κ2) is 7.21. The third kappa shape index (κ3) is 4.15. The predicted octanol–water partition coefficient (Wildman–Crippen LogP) is 3.01. The summed E-state index contributed by atoms with van der Waals surface area (Å²) in [5, 5.41) is 4.18. The second-order valence-corrected chi connectivity index (χ2v) is 7.77. The Balaban J connectivity index is 1.62. The standard InChI is InChI=1S/C19H21N3O2S/c1-15-4-9-19(16(2)14-15)25(23,24)21-12-10-17-5-7-18(8-6-17)22-13-3-11-20-22/h3-9,11,13-14,21H,10,12H2,1-2H3. The average Bonchev–Trinajstić information content (AvgIpc) is 3.09. The summed E-state index contributed by atoms with van der Waals surface area (Å²) in [7, 11) is -3.49. The summed E-state index contributed by atoms with van der Waals surface area (Å²) in [5.41, 5.74) is 3.86. The highest BCUT2D eigenvalue weighted by atomic mass is 32.2. The monoisotopic (exact) mass is 355 g/mol. The highest BCUT2D eigenvalue weighted by Crippen LogP contribution is 2.16. The van der Waals surface area contributed by atoms with Crippen molar-refractivity contribution >= 4 is 10.0 Å². The molecule has 1 aromatic heterocycles. The van der Waals surface area contributed by atoms with Crippen LogP contribution in [0.5, 0.6) is 0 Å².